The molecule has 208 valence electrons. The second-order valence-corrected chi connectivity index (χ2v) is 12.9. The van der Waals surface area contributed by atoms with Gasteiger partial charge in [0.15, 0.2) is 0 Å². The zero-order valence-corrected chi connectivity index (χ0v) is 27.6. The van der Waals surface area contributed by atoms with Gasteiger partial charge in [-0.05, 0) is 128 Å². The summed E-state index contributed by atoms with van der Waals surface area (Å²) in [5, 5.41) is 12.2. The normalized spacial score (nSPS) is 10.9. The molecule has 0 aliphatic rings. The first-order valence-electron chi connectivity index (χ1n) is 13.3. The Balaban J connectivity index is 1.92. The minimum Gasteiger partial charge on any atom is -0.207 e. The summed E-state index contributed by atoms with van der Waals surface area (Å²) in [6.45, 7) is 0. The van der Waals surface area contributed by atoms with Crippen molar-refractivity contribution in [2.45, 2.75) is 0 Å². The molecular formula is C37H20BrCl2FIN. The third-order valence-corrected chi connectivity index (χ3v) is 8.99. The zero-order valence-electron chi connectivity index (χ0n) is 22.4. The molecule has 43 heavy (non-hydrogen) atoms. The molecule has 0 aromatic heterocycles. The van der Waals surface area contributed by atoms with E-state index < -0.39 is 0 Å². The second kappa shape index (κ2) is 12.6. The summed E-state index contributed by atoms with van der Waals surface area (Å²) in [5.74, 6) is -0.340. The number of nitrogens with zero attached hydrogens (tertiary/aromatic N) is 1. The first kappa shape index (κ1) is 29.6. The predicted octanol–water partition coefficient (Wildman–Crippen LogP) is 12.7. The molecule has 0 spiro atoms. The molecule has 0 saturated carbocycles. The van der Waals surface area contributed by atoms with Crippen LogP contribution in [0.15, 0.2) is 126 Å². The van der Waals surface area contributed by atoms with Crippen LogP contribution in [-0.2, 0) is 0 Å². The number of benzene rings is 6. The topological polar surface area (TPSA) is 23.8 Å². The second-order valence-electron chi connectivity index (χ2n) is 9.90. The van der Waals surface area contributed by atoms with Crippen LogP contribution in [0.2, 0.25) is 10.0 Å². The van der Waals surface area contributed by atoms with Crippen molar-refractivity contribution in [1.29, 1.82) is 5.26 Å². The Kier molecular flexibility index (Phi) is 8.70. The van der Waals surface area contributed by atoms with Crippen molar-refractivity contribution in [3.05, 3.63) is 151 Å². The van der Waals surface area contributed by atoms with Gasteiger partial charge in [-0.15, -0.1) is 0 Å². The maximum atomic E-state index is 14.3. The van der Waals surface area contributed by atoms with E-state index in [1.54, 1.807) is 12.1 Å². The molecule has 0 saturated heterocycles. The smallest absolute Gasteiger partial charge is 0.123 e. The van der Waals surface area contributed by atoms with Gasteiger partial charge in [-0.3, -0.25) is 0 Å². The molecule has 1 nitrogen and oxygen atoms in total. The van der Waals surface area contributed by atoms with Gasteiger partial charge in [0.2, 0.25) is 0 Å². The van der Waals surface area contributed by atoms with Crippen LogP contribution in [0.5, 0.6) is 0 Å². The SMILES string of the molecule is N#Cc1c(-c2ccc(Br)cc2)c(-c2ccc(F)cc2)c(-c2ccc(Cl)cc2)c(-c2cccc(Cl)c2)c1-c1ccc(I)cc1. The Morgan fingerprint density at radius 2 is 1.02 bits per heavy atom. The Labute approximate surface area is 281 Å². The first-order chi connectivity index (χ1) is 20.8. The average molecular weight is 775 g/mol. The first-order valence-corrected chi connectivity index (χ1v) is 15.9. The van der Waals surface area contributed by atoms with Gasteiger partial charge < -0.3 is 0 Å². The highest BCUT2D eigenvalue weighted by atomic mass is 127. The van der Waals surface area contributed by atoms with Crippen LogP contribution in [0.4, 0.5) is 4.39 Å². The summed E-state index contributed by atoms with van der Waals surface area (Å²) in [7, 11) is 0. The van der Waals surface area contributed by atoms with E-state index in [1.807, 2.05) is 97.1 Å². The van der Waals surface area contributed by atoms with Crippen LogP contribution in [0.25, 0.3) is 55.6 Å². The number of hydrogen-bond donors (Lipinski definition) is 0. The lowest BCUT2D eigenvalue weighted by Crippen LogP contribution is -2.02. The highest BCUT2D eigenvalue weighted by Crippen LogP contribution is 2.53. The summed E-state index contributed by atoms with van der Waals surface area (Å²) >= 11 is 18.8. The summed E-state index contributed by atoms with van der Waals surface area (Å²) < 4.78 is 16.3. The van der Waals surface area contributed by atoms with Gasteiger partial charge in [-0.1, -0.05) is 99.8 Å². The fourth-order valence-electron chi connectivity index (χ4n) is 5.42. The van der Waals surface area contributed by atoms with E-state index in [2.05, 4.69) is 44.6 Å². The van der Waals surface area contributed by atoms with E-state index in [0.717, 1.165) is 63.7 Å². The lowest BCUT2D eigenvalue weighted by Gasteiger charge is -2.26. The minimum atomic E-state index is -0.340. The standard InChI is InChI=1S/C37H20BrCl2FIN/c38-27-12-4-22(5-13-27)33-32(21-43)34(23-10-18-31(42)19-11-23)37(26-2-1-3-29(40)20-26)36(24-6-14-28(39)15-7-24)35(33)25-8-16-30(41)17-9-25/h1-20H. The van der Waals surface area contributed by atoms with Crippen LogP contribution >= 0.6 is 61.7 Å². The average Bonchev–Trinajstić information content (AvgIpc) is 3.01. The zero-order chi connectivity index (χ0) is 30.1. The van der Waals surface area contributed by atoms with Gasteiger partial charge in [0, 0.05) is 29.2 Å². The fraction of sp³-hybridized carbons (Fsp3) is 0. The van der Waals surface area contributed by atoms with Crippen LogP contribution in [0.1, 0.15) is 5.56 Å². The van der Waals surface area contributed by atoms with Crippen molar-refractivity contribution in [3.63, 3.8) is 0 Å². The van der Waals surface area contributed by atoms with E-state index in [9.17, 15) is 9.65 Å². The summed E-state index contributed by atoms with van der Waals surface area (Å²) in [5.41, 5.74) is 8.88. The molecule has 6 heteroatoms. The van der Waals surface area contributed by atoms with Gasteiger partial charge >= 0.3 is 0 Å². The largest absolute Gasteiger partial charge is 0.207 e. The van der Waals surface area contributed by atoms with Gasteiger partial charge in [0.25, 0.3) is 0 Å². The van der Waals surface area contributed by atoms with Gasteiger partial charge in [0.05, 0.1) is 5.56 Å². The molecule has 6 aromatic carbocycles. The van der Waals surface area contributed by atoms with Crippen molar-refractivity contribution >= 4 is 61.7 Å². The van der Waals surface area contributed by atoms with E-state index >= 15 is 0 Å². The Hall–Kier alpha value is -3.47. The third-order valence-electron chi connectivity index (χ3n) is 7.26. The minimum absolute atomic E-state index is 0.340. The molecule has 0 atom stereocenters. The Morgan fingerprint density at radius 3 is 1.58 bits per heavy atom. The lowest BCUT2D eigenvalue weighted by molar-refractivity contribution is 0.628. The number of halogens is 5. The van der Waals surface area contributed by atoms with Crippen molar-refractivity contribution in [2.75, 3.05) is 0 Å². The van der Waals surface area contributed by atoms with Crippen LogP contribution < -0.4 is 0 Å². The molecule has 0 aliphatic carbocycles. The number of rotatable bonds is 5. The van der Waals surface area contributed by atoms with Crippen molar-refractivity contribution in [1.82, 2.24) is 0 Å². The third kappa shape index (κ3) is 6.01. The highest BCUT2D eigenvalue weighted by Gasteiger charge is 2.28. The quantitative estimate of drug-likeness (QED) is 0.160. The van der Waals surface area contributed by atoms with Gasteiger partial charge in [0.1, 0.15) is 11.9 Å². The molecule has 0 radical (unpaired) electrons. The summed E-state index contributed by atoms with van der Waals surface area (Å²) in [4.78, 5) is 0. The van der Waals surface area contributed by atoms with Gasteiger partial charge in [-0.25, -0.2) is 4.39 Å². The van der Waals surface area contributed by atoms with Crippen molar-refractivity contribution in [2.24, 2.45) is 0 Å². The molecule has 6 aromatic rings. The molecule has 0 aliphatic heterocycles. The number of hydrogen-bond acceptors (Lipinski definition) is 1. The van der Waals surface area contributed by atoms with Crippen molar-refractivity contribution < 1.29 is 4.39 Å². The maximum Gasteiger partial charge on any atom is 0.123 e. The molecule has 0 amide bonds. The van der Waals surface area contributed by atoms with Crippen LogP contribution in [0, 0.1) is 20.7 Å². The van der Waals surface area contributed by atoms with E-state index in [1.165, 1.54) is 12.1 Å². The fourth-order valence-corrected chi connectivity index (χ4v) is 6.36. The molecule has 0 N–H and O–H groups in total. The number of nitriles is 1. The monoisotopic (exact) mass is 773 g/mol. The van der Waals surface area contributed by atoms with Crippen molar-refractivity contribution in [3.8, 4) is 61.7 Å². The predicted molar refractivity (Wildman–Crippen MR) is 189 cm³/mol. The van der Waals surface area contributed by atoms with E-state index in [4.69, 9.17) is 23.2 Å². The van der Waals surface area contributed by atoms with Crippen LogP contribution in [0.3, 0.4) is 0 Å². The van der Waals surface area contributed by atoms with Crippen LogP contribution in [-0.4, -0.2) is 0 Å². The molecular weight excluding hydrogens is 755 g/mol. The van der Waals surface area contributed by atoms with Gasteiger partial charge in [-0.2, -0.15) is 5.26 Å². The summed E-state index contributed by atoms with van der Waals surface area (Å²) in [6, 6.07) is 40.4. The lowest BCUT2D eigenvalue weighted by atomic mass is 9.76. The van der Waals surface area contributed by atoms with E-state index in [-0.39, 0.29) is 5.82 Å². The highest BCUT2D eigenvalue weighted by molar-refractivity contribution is 14.1. The maximum absolute atomic E-state index is 14.3. The molecule has 0 bridgehead atoms. The molecule has 6 rings (SSSR count). The Morgan fingerprint density at radius 1 is 0.558 bits per heavy atom. The van der Waals surface area contributed by atoms with E-state index in [0.29, 0.717) is 15.6 Å². The molecule has 0 fully saturated rings. The molecule has 0 unspecified atom stereocenters. The molecule has 0 heterocycles. The summed E-state index contributed by atoms with van der Waals surface area (Å²) in [6.07, 6.45) is 0. The Bertz CT molecular complexity index is 2000.